The Labute approximate surface area is 97.6 Å². The average Bonchev–Trinajstić information content (AvgIpc) is 2.22. The summed E-state index contributed by atoms with van der Waals surface area (Å²) in [6, 6.07) is 0. The maximum atomic E-state index is 11.3. The van der Waals surface area contributed by atoms with E-state index in [9.17, 15) is 4.79 Å². The highest BCUT2D eigenvalue weighted by Crippen LogP contribution is 1.95. The number of aliphatic hydroxyl groups excluding tert-OH is 1. The molecule has 0 saturated heterocycles. The van der Waals surface area contributed by atoms with Crippen molar-refractivity contribution in [2.75, 3.05) is 39.5 Å². The van der Waals surface area contributed by atoms with E-state index >= 15 is 0 Å². The van der Waals surface area contributed by atoms with Crippen molar-refractivity contribution in [3.05, 3.63) is 0 Å². The summed E-state index contributed by atoms with van der Waals surface area (Å²) in [4.78, 5) is 11.3. The highest BCUT2D eigenvalue weighted by Gasteiger charge is 2.00. The standard InChI is InChI=1S/C11H24N2O3/c1-10(2)3-4-13-11(15)9-12-5-7-16-8-6-14/h10,12,14H,3-9H2,1-2H3,(H,13,15). The molecule has 0 aromatic carbocycles. The lowest BCUT2D eigenvalue weighted by Gasteiger charge is -2.08. The van der Waals surface area contributed by atoms with Crippen LogP contribution in [0, 0.1) is 5.92 Å². The second-order valence-corrected chi connectivity index (χ2v) is 4.05. The Morgan fingerprint density at radius 2 is 2.06 bits per heavy atom. The summed E-state index contributed by atoms with van der Waals surface area (Å²) in [5.74, 6) is 0.628. The molecule has 0 aromatic heterocycles. The first-order valence-electron chi connectivity index (χ1n) is 5.82. The molecule has 0 aliphatic rings. The number of hydrogen-bond acceptors (Lipinski definition) is 4. The number of nitrogens with one attached hydrogen (secondary N) is 2. The van der Waals surface area contributed by atoms with E-state index in [0.29, 0.717) is 32.2 Å². The van der Waals surface area contributed by atoms with Crippen molar-refractivity contribution in [1.82, 2.24) is 10.6 Å². The first-order valence-corrected chi connectivity index (χ1v) is 5.82. The Hall–Kier alpha value is -0.650. The summed E-state index contributed by atoms with van der Waals surface area (Å²) in [5, 5.41) is 14.2. The van der Waals surface area contributed by atoms with Crippen LogP contribution in [0.3, 0.4) is 0 Å². The number of rotatable bonds is 10. The molecule has 16 heavy (non-hydrogen) atoms. The molecule has 0 rings (SSSR count). The third kappa shape index (κ3) is 11.4. The monoisotopic (exact) mass is 232 g/mol. The lowest BCUT2D eigenvalue weighted by molar-refractivity contribution is -0.120. The zero-order valence-electron chi connectivity index (χ0n) is 10.3. The lowest BCUT2D eigenvalue weighted by atomic mass is 10.1. The van der Waals surface area contributed by atoms with Crippen molar-refractivity contribution in [2.45, 2.75) is 20.3 Å². The van der Waals surface area contributed by atoms with E-state index in [1.807, 2.05) is 0 Å². The summed E-state index contributed by atoms with van der Waals surface area (Å²) < 4.78 is 5.03. The maximum absolute atomic E-state index is 11.3. The van der Waals surface area contributed by atoms with E-state index in [2.05, 4.69) is 24.5 Å². The molecule has 96 valence electrons. The Morgan fingerprint density at radius 1 is 1.31 bits per heavy atom. The minimum atomic E-state index is 0.0165. The fourth-order valence-corrected chi connectivity index (χ4v) is 1.08. The number of ether oxygens (including phenoxy) is 1. The molecule has 5 heteroatoms. The molecule has 0 atom stereocenters. The number of carbonyl (C=O) groups is 1. The van der Waals surface area contributed by atoms with Gasteiger partial charge in [0.05, 0.1) is 26.4 Å². The summed E-state index contributed by atoms with van der Waals surface area (Å²) in [6.07, 6.45) is 1.01. The van der Waals surface area contributed by atoms with Crippen LogP contribution in [0.15, 0.2) is 0 Å². The van der Waals surface area contributed by atoms with E-state index in [1.54, 1.807) is 0 Å². The zero-order chi connectivity index (χ0) is 12.2. The van der Waals surface area contributed by atoms with Gasteiger partial charge < -0.3 is 20.5 Å². The number of amides is 1. The van der Waals surface area contributed by atoms with Gasteiger partial charge >= 0.3 is 0 Å². The molecule has 1 amide bonds. The second-order valence-electron chi connectivity index (χ2n) is 4.05. The topological polar surface area (TPSA) is 70.6 Å². The molecule has 0 radical (unpaired) electrons. The molecule has 0 fully saturated rings. The fourth-order valence-electron chi connectivity index (χ4n) is 1.08. The molecular formula is C11H24N2O3. The highest BCUT2D eigenvalue weighted by atomic mass is 16.5. The third-order valence-electron chi connectivity index (χ3n) is 1.99. The molecule has 0 unspecified atom stereocenters. The van der Waals surface area contributed by atoms with Crippen molar-refractivity contribution < 1.29 is 14.6 Å². The van der Waals surface area contributed by atoms with Crippen LogP contribution in [0.2, 0.25) is 0 Å². The van der Waals surface area contributed by atoms with Crippen LogP contribution in [0.1, 0.15) is 20.3 Å². The summed E-state index contributed by atoms with van der Waals surface area (Å²) >= 11 is 0. The van der Waals surface area contributed by atoms with Crippen LogP contribution in [-0.4, -0.2) is 50.5 Å². The van der Waals surface area contributed by atoms with E-state index in [-0.39, 0.29) is 12.5 Å². The normalized spacial score (nSPS) is 10.8. The largest absolute Gasteiger partial charge is 0.394 e. The van der Waals surface area contributed by atoms with Gasteiger partial charge in [-0.15, -0.1) is 0 Å². The van der Waals surface area contributed by atoms with Crippen molar-refractivity contribution in [1.29, 1.82) is 0 Å². The Kier molecular flexibility index (Phi) is 10.4. The number of aliphatic hydroxyl groups is 1. The smallest absolute Gasteiger partial charge is 0.233 e. The molecule has 0 bridgehead atoms. The Bertz CT molecular complexity index is 175. The van der Waals surface area contributed by atoms with Crippen LogP contribution < -0.4 is 10.6 Å². The summed E-state index contributed by atoms with van der Waals surface area (Å²) in [6.45, 7) is 6.83. The maximum Gasteiger partial charge on any atom is 0.233 e. The second kappa shape index (κ2) is 10.9. The highest BCUT2D eigenvalue weighted by molar-refractivity contribution is 5.77. The average molecular weight is 232 g/mol. The van der Waals surface area contributed by atoms with Crippen LogP contribution in [0.25, 0.3) is 0 Å². The molecule has 5 nitrogen and oxygen atoms in total. The van der Waals surface area contributed by atoms with E-state index in [1.165, 1.54) is 0 Å². The van der Waals surface area contributed by atoms with Gasteiger partial charge in [-0.2, -0.15) is 0 Å². The van der Waals surface area contributed by atoms with Crippen LogP contribution >= 0.6 is 0 Å². The first kappa shape index (κ1) is 15.3. The van der Waals surface area contributed by atoms with Gasteiger partial charge in [-0.1, -0.05) is 13.8 Å². The molecule has 0 heterocycles. The molecule has 0 aromatic rings. The van der Waals surface area contributed by atoms with Crippen molar-refractivity contribution >= 4 is 5.91 Å². The SMILES string of the molecule is CC(C)CCNC(=O)CNCCOCCO. The first-order chi connectivity index (χ1) is 7.66. The van der Waals surface area contributed by atoms with Gasteiger partial charge in [-0.25, -0.2) is 0 Å². The van der Waals surface area contributed by atoms with Gasteiger partial charge in [0.2, 0.25) is 5.91 Å². The summed E-state index contributed by atoms with van der Waals surface area (Å²) in [5.41, 5.74) is 0. The number of hydrogen-bond donors (Lipinski definition) is 3. The predicted octanol–water partition coefficient (Wildman–Crippen LogP) is -0.253. The molecule has 3 N–H and O–H groups in total. The Morgan fingerprint density at radius 3 is 2.69 bits per heavy atom. The van der Waals surface area contributed by atoms with Crippen molar-refractivity contribution in [3.8, 4) is 0 Å². The quantitative estimate of drug-likeness (QED) is 0.454. The van der Waals surface area contributed by atoms with Gasteiger partial charge in [0.25, 0.3) is 0 Å². The van der Waals surface area contributed by atoms with Crippen molar-refractivity contribution in [2.24, 2.45) is 5.92 Å². The van der Waals surface area contributed by atoms with Gasteiger partial charge in [0.15, 0.2) is 0 Å². The minimum Gasteiger partial charge on any atom is -0.394 e. The lowest BCUT2D eigenvalue weighted by Crippen LogP contribution is -2.36. The zero-order valence-corrected chi connectivity index (χ0v) is 10.3. The molecule has 0 spiro atoms. The number of carbonyl (C=O) groups excluding carboxylic acids is 1. The van der Waals surface area contributed by atoms with Gasteiger partial charge in [-0.05, 0) is 12.3 Å². The third-order valence-corrected chi connectivity index (χ3v) is 1.99. The van der Waals surface area contributed by atoms with Crippen molar-refractivity contribution in [3.63, 3.8) is 0 Å². The van der Waals surface area contributed by atoms with E-state index < -0.39 is 0 Å². The minimum absolute atomic E-state index is 0.0165. The molecule has 0 saturated carbocycles. The van der Waals surface area contributed by atoms with Crippen LogP contribution in [-0.2, 0) is 9.53 Å². The molecule has 0 aliphatic carbocycles. The van der Waals surface area contributed by atoms with Gasteiger partial charge in [0, 0.05) is 13.1 Å². The fraction of sp³-hybridized carbons (Fsp3) is 0.909. The van der Waals surface area contributed by atoms with E-state index in [4.69, 9.17) is 9.84 Å². The molecular weight excluding hydrogens is 208 g/mol. The predicted molar refractivity (Wildman–Crippen MR) is 63.2 cm³/mol. The Balaban J connectivity index is 3.17. The van der Waals surface area contributed by atoms with Crippen LogP contribution in [0.5, 0.6) is 0 Å². The molecule has 0 aliphatic heterocycles. The van der Waals surface area contributed by atoms with Gasteiger partial charge in [-0.3, -0.25) is 4.79 Å². The summed E-state index contributed by atoms with van der Waals surface area (Å²) in [7, 11) is 0. The van der Waals surface area contributed by atoms with Crippen LogP contribution in [0.4, 0.5) is 0 Å². The van der Waals surface area contributed by atoms with Gasteiger partial charge in [0.1, 0.15) is 0 Å². The van der Waals surface area contributed by atoms with E-state index in [0.717, 1.165) is 13.0 Å².